The summed E-state index contributed by atoms with van der Waals surface area (Å²) in [5.74, 6) is 4.26. The van der Waals surface area contributed by atoms with E-state index in [9.17, 15) is 9.59 Å². The second-order valence-electron chi connectivity index (χ2n) is 17.5. The van der Waals surface area contributed by atoms with E-state index in [-0.39, 0.29) is 23.9 Å². The summed E-state index contributed by atoms with van der Waals surface area (Å²) in [7, 11) is 0. The Kier molecular flexibility index (Phi) is 9.19. The van der Waals surface area contributed by atoms with Gasteiger partial charge in [-0.25, -0.2) is 9.97 Å². The van der Waals surface area contributed by atoms with Gasteiger partial charge in [0.1, 0.15) is 11.6 Å². The molecule has 8 nitrogen and oxygen atoms in total. The zero-order valence-corrected chi connectivity index (χ0v) is 32.2. The second-order valence-corrected chi connectivity index (χ2v) is 17.5. The molecule has 5 aromatic rings. The minimum absolute atomic E-state index is 0.0348. The first-order chi connectivity index (χ1) is 26.2. The van der Waals surface area contributed by atoms with E-state index in [0.29, 0.717) is 48.6 Å². The third-order valence-corrected chi connectivity index (χ3v) is 12.9. The van der Waals surface area contributed by atoms with Crippen molar-refractivity contribution in [1.29, 1.82) is 0 Å². The Bertz CT molecular complexity index is 2160. The van der Waals surface area contributed by atoms with Crippen LogP contribution in [0.3, 0.4) is 0 Å². The van der Waals surface area contributed by atoms with E-state index >= 15 is 0 Å². The van der Waals surface area contributed by atoms with Crippen molar-refractivity contribution >= 4 is 22.6 Å². The van der Waals surface area contributed by atoms with Crippen LogP contribution in [0.5, 0.6) is 0 Å². The Balaban J connectivity index is 0.902. The number of hydrogen-bond acceptors (Lipinski definition) is 4. The average molecular weight is 723 g/mol. The van der Waals surface area contributed by atoms with Gasteiger partial charge in [-0.1, -0.05) is 89.1 Å². The van der Waals surface area contributed by atoms with Gasteiger partial charge in [-0.05, 0) is 102 Å². The fraction of sp³-hybridized carbons (Fsp3) is 0.478. The van der Waals surface area contributed by atoms with Crippen molar-refractivity contribution in [2.24, 2.45) is 23.7 Å². The molecule has 0 radical (unpaired) electrons. The molecule has 8 heteroatoms. The van der Waals surface area contributed by atoms with Gasteiger partial charge in [0, 0.05) is 30.5 Å². The molecule has 6 atom stereocenters. The van der Waals surface area contributed by atoms with E-state index in [1.807, 2.05) is 12.4 Å². The van der Waals surface area contributed by atoms with Gasteiger partial charge in [0.2, 0.25) is 11.8 Å². The van der Waals surface area contributed by atoms with E-state index in [0.717, 1.165) is 65.4 Å². The number of fused-ring (bicyclic) bond motifs is 3. The van der Waals surface area contributed by atoms with Gasteiger partial charge in [-0.2, -0.15) is 0 Å². The van der Waals surface area contributed by atoms with Crippen LogP contribution in [-0.4, -0.2) is 53.6 Å². The number of hydrogen-bond donors (Lipinski definition) is 2. The summed E-state index contributed by atoms with van der Waals surface area (Å²) >= 11 is 0. The van der Waals surface area contributed by atoms with Gasteiger partial charge in [-0.15, -0.1) is 0 Å². The Labute approximate surface area is 319 Å². The number of benzene rings is 3. The van der Waals surface area contributed by atoms with Gasteiger partial charge < -0.3 is 19.8 Å². The molecule has 0 bridgehead atoms. The third-order valence-electron chi connectivity index (χ3n) is 12.9. The predicted octanol–water partition coefficient (Wildman–Crippen LogP) is 10.3. The molecular formula is C46H54N6O2. The standard InChI is InChI=1S/C46H54N6O2/c1-27(2)19-43(53)51-39-9-5-7-35(39)23-41(51)45-47-25-37(49-45)30-13-11-29(12-14-30)31-15-16-33-22-34(18-17-32(33)21-31)38-26-48-46(50-38)42-24-36-8-6-10-40(36)52(42)44(54)20-28(3)4/h11-18,21-22,25-28,35-36,39-42H,5-10,19-20,23-24H2,1-4H3,(H,47,49)(H,48,50)/t35-,36-,39-,40-,41-,42-/m0/s1. The quantitative estimate of drug-likeness (QED) is 0.158. The minimum Gasteiger partial charge on any atom is -0.340 e. The average Bonchev–Trinajstić information content (AvgIpc) is 3.99. The van der Waals surface area contributed by atoms with Crippen molar-refractivity contribution in [3.8, 4) is 33.6 Å². The number of nitrogens with one attached hydrogen (secondary N) is 2. The van der Waals surface area contributed by atoms with Crippen molar-refractivity contribution in [2.75, 3.05) is 0 Å². The molecule has 2 amide bonds. The van der Waals surface area contributed by atoms with Crippen LogP contribution in [0.15, 0.2) is 73.1 Å². The van der Waals surface area contributed by atoms with Crippen molar-refractivity contribution in [2.45, 2.75) is 116 Å². The van der Waals surface area contributed by atoms with Crippen LogP contribution in [-0.2, 0) is 9.59 Å². The number of H-pyrrole nitrogens is 2. The van der Waals surface area contributed by atoms with Crippen molar-refractivity contribution < 1.29 is 9.59 Å². The van der Waals surface area contributed by atoms with E-state index < -0.39 is 0 Å². The smallest absolute Gasteiger partial charge is 0.223 e. The number of imidazole rings is 2. The first-order valence-corrected chi connectivity index (χ1v) is 20.6. The minimum atomic E-state index is 0.0348. The fourth-order valence-electron chi connectivity index (χ4n) is 10.4. The zero-order valence-electron chi connectivity index (χ0n) is 32.2. The van der Waals surface area contributed by atoms with Crippen LogP contribution in [0, 0.1) is 23.7 Å². The van der Waals surface area contributed by atoms with E-state index in [4.69, 9.17) is 9.97 Å². The SMILES string of the molecule is CC(C)CC(=O)N1[C@H](c2ncc(-c3ccc(-c4ccc5cc(-c6cnc([C@@H]7C[C@@H]8CCC[C@@H]8N7C(=O)CC(C)C)[nH]6)ccc5c4)cc3)[nH]2)C[C@@H]2CCC[C@@H]21. The maximum atomic E-state index is 13.4. The van der Waals surface area contributed by atoms with Crippen LogP contribution >= 0.6 is 0 Å². The molecule has 2 saturated carbocycles. The number of likely N-dealkylation sites (tertiary alicyclic amines) is 2. The molecule has 2 aromatic heterocycles. The molecule has 280 valence electrons. The lowest BCUT2D eigenvalue weighted by atomic mass is 9.98. The van der Waals surface area contributed by atoms with Crippen LogP contribution in [0.1, 0.15) is 116 Å². The number of carbonyl (C=O) groups is 2. The van der Waals surface area contributed by atoms with E-state index in [1.165, 1.54) is 42.0 Å². The molecule has 2 N–H and O–H groups in total. The summed E-state index contributed by atoms with van der Waals surface area (Å²) in [6.07, 6.45) is 14.2. The van der Waals surface area contributed by atoms with E-state index in [1.54, 1.807) is 0 Å². The van der Waals surface area contributed by atoms with Gasteiger partial charge in [0.25, 0.3) is 0 Å². The summed E-state index contributed by atoms with van der Waals surface area (Å²) in [5, 5.41) is 2.36. The van der Waals surface area contributed by atoms with Crippen LogP contribution in [0.25, 0.3) is 44.4 Å². The maximum Gasteiger partial charge on any atom is 0.223 e. The monoisotopic (exact) mass is 722 g/mol. The lowest BCUT2D eigenvalue weighted by Gasteiger charge is -2.29. The second kappa shape index (κ2) is 14.2. The lowest BCUT2D eigenvalue weighted by molar-refractivity contribution is -0.136. The molecule has 4 fully saturated rings. The normalized spacial score (nSPS) is 25.0. The molecule has 2 saturated heterocycles. The molecule has 2 aliphatic carbocycles. The maximum absolute atomic E-state index is 13.4. The Morgan fingerprint density at radius 3 is 1.57 bits per heavy atom. The topological polar surface area (TPSA) is 98.0 Å². The molecule has 0 unspecified atom stereocenters. The molecule has 54 heavy (non-hydrogen) atoms. The number of aromatic amines is 2. The van der Waals surface area contributed by atoms with Crippen LogP contribution in [0.2, 0.25) is 0 Å². The molecule has 0 spiro atoms. The highest BCUT2D eigenvalue weighted by Crippen LogP contribution is 2.49. The van der Waals surface area contributed by atoms with Crippen LogP contribution in [0.4, 0.5) is 0 Å². The predicted molar refractivity (Wildman–Crippen MR) is 214 cm³/mol. The van der Waals surface area contributed by atoms with Crippen molar-refractivity contribution in [3.63, 3.8) is 0 Å². The zero-order chi connectivity index (χ0) is 37.1. The summed E-state index contributed by atoms with van der Waals surface area (Å²) in [6.45, 7) is 8.51. The van der Waals surface area contributed by atoms with E-state index in [2.05, 4.69) is 108 Å². The number of aromatic nitrogens is 4. The van der Waals surface area contributed by atoms with Crippen LogP contribution < -0.4 is 0 Å². The Morgan fingerprint density at radius 2 is 1.06 bits per heavy atom. The molecule has 4 aliphatic rings. The third kappa shape index (κ3) is 6.45. The van der Waals surface area contributed by atoms with Gasteiger partial charge in [0.15, 0.2) is 0 Å². The van der Waals surface area contributed by atoms with Crippen molar-refractivity contribution in [1.82, 2.24) is 29.7 Å². The summed E-state index contributed by atoms with van der Waals surface area (Å²) in [6, 6.07) is 22.7. The largest absolute Gasteiger partial charge is 0.340 e. The number of rotatable bonds is 9. The Hall–Kier alpha value is -4.72. The highest BCUT2D eigenvalue weighted by molar-refractivity contribution is 5.90. The fourth-order valence-corrected chi connectivity index (χ4v) is 10.4. The highest BCUT2D eigenvalue weighted by atomic mass is 16.2. The lowest BCUT2D eigenvalue weighted by Crippen LogP contribution is -2.38. The van der Waals surface area contributed by atoms with Gasteiger partial charge >= 0.3 is 0 Å². The summed E-state index contributed by atoms with van der Waals surface area (Å²) in [4.78, 5) is 48.1. The number of carbonyl (C=O) groups excluding carboxylic acids is 2. The first-order valence-electron chi connectivity index (χ1n) is 20.6. The Morgan fingerprint density at radius 1 is 0.611 bits per heavy atom. The first kappa shape index (κ1) is 35.0. The molecule has 3 aromatic carbocycles. The van der Waals surface area contributed by atoms with Gasteiger partial charge in [0.05, 0.1) is 35.9 Å². The molecule has 9 rings (SSSR count). The highest BCUT2D eigenvalue weighted by Gasteiger charge is 2.48. The molecular weight excluding hydrogens is 669 g/mol. The molecule has 2 aliphatic heterocycles. The number of amides is 2. The van der Waals surface area contributed by atoms with Crippen molar-refractivity contribution in [3.05, 3.63) is 84.7 Å². The molecule has 4 heterocycles. The summed E-state index contributed by atoms with van der Waals surface area (Å²) < 4.78 is 0. The van der Waals surface area contributed by atoms with Gasteiger partial charge in [-0.3, -0.25) is 9.59 Å². The summed E-state index contributed by atoms with van der Waals surface area (Å²) in [5.41, 5.74) is 6.51. The number of nitrogens with zero attached hydrogens (tertiary/aromatic N) is 4.